The van der Waals surface area contributed by atoms with Gasteiger partial charge in [-0.25, -0.2) is 0 Å². The van der Waals surface area contributed by atoms with Crippen molar-refractivity contribution in [2.24, 2.45) is 0 Å². The van der Waals surface area contributed by atoms with E-state index in [1.807, 2.05) is 0 Å². The van der Waals surface area contributed by atoms with Gasteiger partial charge in [-0.15, -0.1) is 0 Å². The van der Waals surface area contributed by atoms with Crippen LogP contribution in [0, 0.1) is 41.7 Å². The summed E-state index contributed by atoms with van der Waals surface area (Å²) in [6, 6.07) is 0. The number of hydrogen-bond donors (Lipinski definition) is 1. The van der Waals surface area contributed by atoms with Crippen LogP contribution in [0.3, 0.4) is 0 Å². The Kier molecular flexibility index (Phi) is 15.7. The molecule has 0 amide bonds. The molecule has 0 aromatic carbocycles. The van der Waals surface area contributed by atoms with Gasteiger partial charge < -0.3 is 9.05 Å². The molecule has 0 aliphatic heterocycles. The quantitative estimate of drug-likeness (QED) is 0.392. The molecule has 0 spiro atoms. The van der Waals surface area contributed by atoms with Crippen LogP contribution in [0.4, 0.5) is 0 Å². The molecule has 2 nitrogen and oxygen atoms in total. The van der Waals surface area contributed by atoms with Crippen LogP contribution in [0.25, 0.3) is 0 Å². The topological polar surface area (TPSA) is 18.5 Å². The van der Waals surface area contributed by atoms with Crippen molar-refractivity contribution in [3.05, 3.63) is 0 Å². The summed E-state index contributed by atoms with van der Waals surface area (Å²) in [5.41, 5.74) is -2.22. The van der Waals surface area contributed by atoms with Crippen molar-refractivity contribution in [1.82, 2.24) is 0 Å². The summed E-state index contributed by atoms with van der Waals surface area (Å²) in [6.45, 7) is 5.57. The largest absolute Gasteiger partial charge is 0.322 e. The van der Waals surface area contributed by atoms with Crippen molar-refractivity contribution in [2.75, 3.05) is 13.2 Å². The second-order valence-electron chi connectivity index (χ2n) is 2.84. The summed E-state index contributed by atoms with van der Waals surface area (Å²) in [4.78, 5) is 0. The number of thiol groups is 1. The van der Waals surface area contributed by atoms with E-state index in [1.54, 1.807) is 0 Å². The van der Waals surface area contributed by atoms with E-state index in [9.17, 15) is 0 Å². The minimum atomic E-state index is -2.22. The Hall–Kier alpha value is 2.30. The van der Waals surface area contributed by atoms with Gasteiger partial charge in [-0.1, -0.05) is 38.9 Å². The third-order valence-corrected chi connectivity index (χ3v) is 3.85. The Morgan fingerprint density at radius 1 is 1.07 bits per heavy atom. The van der Waals surface area contributed by atoms with Crippen LogP contribution >= 0.6 is 17.9 Å². The normalized spacial score (nSPS) is 11.1. The van der Waals surface area contributed by atoms with Gasteiger partial charge in [0.25, 0.3) is 0 Å². The first-order chi connectivity index (χ1) is 6.12. The van der Waals surface area contributed by atoms with Crippen molar-refractivity contribution in [2.45, 2.75) is 39.5 Å². The molecule has 0 N–H and O–H groups in total. The molecule has 0 rings (SSSR count). The maximum atomic E-state index is 5.38. The zero-order chi connectivity index (χ0) is 10.2. The molecule has 0 aromatic heterocycles. The fourth-order valence-corrected chi connectivity index (χ4v) is 2.42. The van der Waals surface area contributed by atoms with E-state index < -0.39 is 5.69 Å². The summed E-state index contributed by atoms with van der Waals surface area (Å²) in [5, 5.41) is 0. The molecule has 84 valence electrons. The average molecular weight is 382 g/mol. The van der Waals surface area contributed by atoms with Crippen LogP contribution in [-0.2, 0) is 20.9 Å². The number of hydrogen-bond acceptors (Lipinski definition) is 3. The van der Waals surface area contributed by atoms with Gasteiger partial charge in [0, 0.05) is 41.7 Å². The maximum Gasteiger partial charge on any atom is 0.244 e. The van der Waals surface area contributed by atoms with Crippen LogP contribution in [0.15, 0.2) is 0 Å². The first-order valence-electron chi connectivity index (χ1n) is 4.74. The minimum absolute atomic E-state index is 0. The predicted octanol–water partition coefficient (Wildman–Crippen LogP) is 3.77. The van der Waals surface area contributed by atoms with Gasteiger partial charge in [0.05, 0.1) is 13.2 Å². The van der Waals surface area contributed by atoms with Crippen molar-refractivity contribution in [3.63, 3.8) is 0 Å². The summed E-state index contributed by atoms with van der Waals surface area (Å²) >= 11 is 9.31. The van der Waals surface area contributed by atoms with E-state index in [-0.39, 0.29) is 41.7 Å². The van der Waals surface area contributed by atoms with Gasteiger partial charge in [-0.2, -0.15) is 0 Å². The van der Waals surface area contributed by atoms with Crippen molar-refractivity contribution in [1.29, 1.82) is 0 Å². The van der Waals surface area contributed by atoms with Gasteiger partial charge in [0.2, 0.25) is 5.69 Å². The van der Waals surface area contributed by atoms with Gasteiger partial charge in [-0.05, 0) is 24.6 Å². The van der Waals surface area contributed by atoms with E-state index in [0.717, 1.165) is 25.7 Å². The first-order valence-corrected chi connectivity index (χ1v) is 8.53. The molecule has 14 heavy (non-hydrogen) atoms. The first kappa shape index (κ1) is 18.7. The zero-order valence-electron chi connectivity index (χ0n) is 8.86. The van der Waals surface area contributed by atoms with Crippen LogP contribution in [0.5, 0.6) is 0 Å². The van der Waals surface area contributed by atoms with Crippen LogP contribution in [0.2, 0.25) is 0 Å². The Labute approximate surface area is 132 Å². The number of rotatable bonds is 8. The molecular formula is C8H19CeO2PS2. The third-order valence-electron chi connectivity index (χ3n) is 1.50. The zero-order valence-corrected chi connectivity index (χ0v) is 14.6. The fourth-order valence-electron chi connectivity index (χ4n) is 0.686. The van der Waals surface area contributed by atoms with Crippen molar-refractivity contribution in [3.8, 4) is 0 Å². The fraction of sp³-hybridized carbons (Fsp3) is 1.00. The van der Waals surface area contributed by atoms with Gasteiger partial charge in [0.1, 0.15) is 0 Å². The van der Waals surface area contributed by atoms with Gasteiger partial charge in [0.15, 0.2) is 0 Å². The molecule has 0 aromatic rings. The van der Waals surface area contributed by atoms with E-state index >= 15 is 0 Å². The Bertz CT molecular complexity index is 155. The molecule has 0 bridgehead atoms. The molecule has 0 unspecified atom stereocenters. The molecule has 6 heteroatoms. The molecule has 0 aliphatic rings. The van der Waals surface area contributed by atoms with Crippen molar-refractivity contribution >= 4 is 29.7 Å². The monoisotopic (exact) mass is 382 g/mol. The van der Waals surface area contributed by atoms with Gasteiger partial charge in [-0.3, -0.25) is 0 Å². The smallest absolute Gasteiger partial charge is 0.244 e. The molecule has 0 fully saturated rings. The third kappa shape index (κ3) is 12.4. The molecule has 0 saturated heterocycles. The Morgan fingerprint density at radius 2 is 1.43 bits per heavy atom. The predicted molar refractivity (Wildman–Crippen MR) is 65.0 cm³/mol. The molecule has 0 saturated carbocycles. The molecule has 0 atom stereocenters. The van der Waals surface area contributed by atoms with Gasteiger partial charge >= 0.3 is 0 Å². The second kappa shape index (κ2) is 11.8. The summed E-state index contributed by atoms with van der Waals surface area (Å²) < 4.78 is 10.8. The Morgan fingerprint density at radius 3 is 1.71 bits per heavy atom. The molecule has 0 aliphatic carbocycles. The standard InChI is InChI=1S/C8H19O2PS2.Ce/c1-3-5-7-9-11(12,13)10-8-6-4-2;/h3-8H2,1-2H3,(H,12,13);. The van der Waals surface area contributed by atoms with E-state index in [4.69, 9.17) is 20.9 Å². The Balaban J connectivity index is 0. The van der Waals surface area contributed by atoms with E-state index in [1.165, 1.54) is 0 Å². The van der Waals surface area contributed by atoms with Crippen molar-refractivity contribution < 1.29 is 50.8 Å². The second-order valence-corrected chi connectivity index (χ2v) is 8.13. The SMILES string of the molecule is CCCCOP(=S)(S)OCCCC.[Ce]. The number of unbranched alkanes of at least 4 members (excludes halogenated alkanes) is 2. The average Bonchev–Trinajstić information content (AvgIpc) is 2.05. The van der Waals surface area contributed by atoms with Crippen LogP contribution in [-0.4, -0.2) is 13.2 Å². The van der Waals surface area contributed by atoms with E-state index in [0.29, 0.717) is 13.2 Å². The maximum absolute atomic E-state index is 5.38. The molecular weight excluding hydrogens is 363 g/mol. The van der Waals surface area contributed by atoms with E-state index in [2.05, 4.69) is 26.1 Å². The summed E-state index contributed by atoms with van der Waals surface area (Å²) in [5.74, 6) is 0. The summed E-state index contributed by atoms with van der Waals surface area (Å²) in [7, 11) is 0. The minimum Gasteiger partial charge on any atom is -0.322 e. The summed E-state index contributed by atoms with van der Waals surface area (Å²) in [6.07, 6.45) is 4.27. The van der Waals surface area contributed by atoms with Crippen LogP contribution in [0.1, 0.15) is 39.5 Å². The molecule has 0 radical (unpaired) electrons. The van der Waals surface area contributed by atoms with Crippen LogP contribution < -0.4 is 0 Å². The molecule has 0 heterocycles.